The number of hydrogen-bond donors (Lipinski definition) is 1. The van der Waals surface area contributed by atoms with Crippen molar-refractivity contribution in [1.82, 2.24) is 4.90 Å². The fourth-order valence-corrected chi connectivity index (χ4v) is 3.37. The fraction of sp³-hybridized carbons (Fsp3) is 0.316. The Bertz CT molecular complexity index is 731. The molecule has 2 amide bonds. The highest BCUT2D eigenvalue weighted by Crippen LogP contribution is 2.33. The van der Waals surface area contributed by atoms with Crippen LogP contribution in [-0.2, 0) is 0 Å². The number of urea groups is 1. The molecule has 0 aromatic heterocycles. The summed E-state index contributed by atoms with van der Waals surface area (Å²) in [6, 6.07) is 13.5. The van der Waals surface area contributed by atoms with E-state index < -0.39 is 0 Å². The Morgan fingerprint density at radius 2 is 2.00 bits per heavy atom. The van der Waals surface area contributed by atoms with Crippen LogP contribution in [0, 0.1) is 6.92 Å². The molecule has 126 valence electrons. The molecule has 1 aliphatic rings. The van der Waals surface area contributed by atoms with Crippen LogP contribution in [0.2, 0.25) is 5.02 Å². The number of methoxy groups -OCH3 is 1. The normalized spacial score (nSPS) is 17.0. The van der Waals surface area contributed by atoms with Gasteiger partial charge in [0.15, 0.2) is 0 Å². The maximum atomic E-state index is 12.7. The van der Waals surface area contributed by atoms with Crippen molar-refractivity contribution in [2.75, 3.05) is 19.0 Å². The Labute approximate surface area is 147 Å². The Kier molecular flexibility index (Phi) is 4.95. The zero-order chi connectivity index (χ0) is 17.1. The fourth-order valence-electron chi connectivity index (χ4n) is 3.09. The van der Waals surface area contributed by atoms with Gasteiger partial charge in [-0.15, -0.1) is 0 Å². The van der Waals surface area contributed by atoms with Crippen molar-refractivity contribution in [2.24, 2.45) is 0 Å². The van der Waals surface area contributed by atoms with Gasteiger partial charge in [-0.05, 0) is 55.2 Å². The molecule has 1 atom stereocenters. The van der Waals surface area contributed by atoms with Crippen molar-refractivity contribution in [3.05, 3.63) is 58.6 Å². The zero-order valence-corrected chi connectivity index (χ0v) is 14.6. The highest BCUT2D eigenvalue weighted by Gasteiger charge is 2.30. The highest BCUT2D eigenvalue weighted by molar-refractivity contribution is 6.33. The number of carbonyl (C=O) groups is 1. The quantitative estimate of drug-likeness (QED) is 0.848. The van der Waals surface area contributed by atoms with E-state index in [1.54, 1.807) is 7.11 Å². The second-order valence-electron chi connectivity index (χ2n) is 6.04. The monoisotopic (exact) mass is 344 g/mol. The Hall–Kier alpha value is -2.20. The number of rotatable bonds is 3. The molecule has 1 aliphatic heterocycles. The molecule has 5 heteroatoms. The molecule has 1 fully saturated rings. The number of carbonyl (C=O) groups excluding carboxylic acids is 1. The topological polar surface area (TPSA) is 41.6 Å². The van der Waals surface area contributed by atoms with Crippen molar-refractivity contribution in [3.8, 4) is 5.75 Å². The van der Waals surface area contributed by atoms with Gasteiger partial charge >= 0.3 is 6.03 Å². The van der Waals surface area contributed by atoms with Gasteiger partial charge in [0.05, 0.1) is 23.9 Å². The lowest BCUT2D eigenvalue weighted by molar-refractivity contribution is 0.207. The standard InChI is InChI=1S/C19H21ClN2O2/c1-13-5-10-17(16(20)12-13)21-19(23)22-11-3-4-18(22)14-6-8-15(24-2)9-7-14/h5-10,12,18H,3-4,11H2,1-2H3,(H,21,23). The van der Waals surface area contributed by atoms with Gasteiger partial charge in [-0.25, -0.2) is 4.79 Å². The van der Waals surface area contributed by atoms with Crippen LogP contribution in [0.3, 0.4) is 0 Å². The number of halogens is 1. The van der Waals surface area contributed by atoms with E-state index in [0.717, 1.165) is 36.3 Å². The summed E-state index contributed by atoms with van der Waals surface area (Å²) in [5.41, 5.74) is 2.83. The first-order valence-electron chi connectivity index (χ1n) is 8.06. The molecule has 2 aromatic carbocycles. The molecule has 1 saturated heterocycles. The summed E-state index contributed by atoms with van der Waals surface area (Å²) in [4.78, 5) is 14.6. The van der Waals surface area contributed by atoms with E-state index in [1.807, 2.05) is 54.3 Å². The second kappa shape index (κ2) is 7.14. The van der Waals surface area contributed by atoms with Crippen molar-refractivity contribution in [2.45, 2.75) is 25.8 Å². The number of hydrogen-bond acceptors (Lipinski definition) is 2. The van der Waals surface area contributed by atoms with Gasteiger partial charge in [0.1, 0.15) is 5.75 Å². The minimum absolute atomic E-state index is 0.0835. The number of aryl methyl sites for hydroxylation is 1. The van der Waals surface area contributed by atoms with Gasteiger partial charge in [-0.3, -0.25) is 0 Å². The van der Waals surface area contributed by atoms with Crippen molar-refractivity contribution >= 4 is 23.3 Å². The molecule has 4 nitrogen and oxygen atoms in total. The second-order valence-corrected chi connectivity index (χ2v) is 6.45. The lowest BCUT2D eigenvalue weighted by Gasteiger charge is -2.25. The summed E-state index contributed by atoms with van der Waals surface area (Å²) in [6.45, 7) is 2.71. The molecule has 1 heterocycles. The van der Waals surface area contributed by atoms with Gasteiger partial charge in [0.2, 0.25) is 0 Å². The predicted octanol–water partition coefficient (Wildman–Crippen LogP) is 5.03. The van der Waals surface area contributed by atoms with Crippen LogP contribution in [0.4, 0.5) is 10.5 Å². The smallest absolute Gasteiger partial charge is 0.322 e. The molecule has 24 heavy (non-hydrogen) atoms. The first-order valence-corrected chi connectivity index (χ1v) is 8.44. The molecule has 0 aliphatic carbocycles. The van der Waals surface area contributed by atoms with Crippen LogP contribution in [0.15, 0.2) is 42.5 Å². The highest BCUT2D eigenvalue weighted by atomic mass is 35.5. The average Bonchev–Trinajstić information content (AvgIpc) is 3.07. The third kappa shape index (κ3) is 3.49. The van der Waals surface area contributed by atoms with Gasteiger partial charge in [-0.1, -0.05) is 29.8 Å². The molecular weight excluding hydrogens is 324 g/mol. The van der Waals surface area contributed by atoms with E-state index >= 15 is 0 Å². The van der Waals surface area contributed by atoms with Crippen LogP contribution in [-0.4, -0.2) is 24.6 Å². The molecule has 3 rings (SSSR count). The van der Waals surface area contributed by atoms with Gasteiger partial charge < -0.3 is 15.0 Å². The summed E-state index contributed by atoms with van der Waals surface area (Å²) >= 11 is 6.22. The predicted molar refractivity (Wildman–Crippen MR) is 96.9 cm³/mol. The van der Waals surface area contributed by atoms with Crippen LogP contribution in [0.1, 0.15) is 30.0 Å². The minimum atomic E-state index is -0.112. The van der Waals surface area contributed by atoms with Crippen LogP contribution >= 0.6 is 11.6 Å². The van der Waals surface area contributed by atoms with Crippen LogP contribution in [0.5, 0.6) is 5.75 Å². The third-order valence-corrected chi connectivity index (χ3v) is 4.69. The Morgan fingerprint density at radius 1 is 1.25 bits per heavy atom. The lowest BCUT2D eigenvalue weighted by atomic mass is 10.0. The number of likely N-dealkylation sites (tertiary alicyclic amines) is 1. The maximum absolute atomic E-state index is 12.7. The molecule has 2 aromatic rings. The van der Waals surface area contributed by atoms with Gasteiger partial charge in [0, 0.05) is 6.54 Å². The molecule has 0 spiro atoms. The third-order valence-electron chi connectivity index (χ3n) is 4.38. The molecular formula is C19H21ClN2O2. The van der Waals surface area contributed by atoms with Crippen molar-refractivity contribution < 1.29 is 9.53 Å². The SMILES string of the molecule is COc1ccc(C2CCCN2C(=O)Nc2ccc(C)cc2Cl)cc1. The Morgan fingerprint density at radius 3 is 2.67 bits per heavy atom. The van der Waals surface area contributed by atoms with E-state index in [0.29, 0.717) is 10.7 Å². The summed E-state index contributed by atoms with van der Waals surface area (Å²) < 4.78 is 5.20. The molecule has 0 saturated carbocycles. The van der Waals surface area contributed by atoms with E-state index in [1.165, 1.54) is 0 Å². The number of nitrogens with zero attached hydrogens (tertiary/aromatic N) is 1. The summed E-state index contributed by atoms with van der Waals surface area (Å²) in [7, 11) is 1.65. The number of nitrogens with one attached hydrogen (secondary N) is 1. The largest absolute Gasteiger partial charge is 0.497 e. The number of benzene rings is 2. The molecule has 1 unspecified atom stereocenters. The zero-order valence-electron chi connectivity index (χ0n) is 13.9. The van der Waals surface area contributed by atoms with Crippen LogP contribution in [0.25, 0.3) is 0 Å². The summed E-state index contributed by atoms with van der Waals surface area (Å²) in [6.07, 6.45) is 1.95. The lowest BCUT2D eigenvalue weighted by Crippen LogP contribution is -2.34. The van der Waals surface area contributed by atoms with Crippen molar-refractivity contribution in [1.29, 1.82) is 0 Å². The van der Waals surface area contributed by atoms with Crippen LogP contribution < -0.4 is 10.1 Å². The Balaban J connectivity index is 1.75. The van der Waals surface area contributed by atoms with Gasteiger partial charge in [-0.2, -0.15) is 0 Å². The molecule has 0 bridgehead atoms. The van der Waals surface area contributed by atoms with Gasteiger partial charge in [0.25, 0.3) is 0 Å². The number of amides is 2. The number of anilines is 1. The van der Waals surface area contributed by atoms with E-state index in [9.17, 15) is 4.79 Å². The van der Waals surface area contributed by atoms with E-state index in [2.05, 4.69) is 5.32 Å². The first-order chi connectivity index (χ1) is 11.6. The first kappa shape index (κ1) is 16.7. The molecule has 0 radical (unpaired) electrons. The minimum Gasteiger partial charge on any atom is -0.497 e. The number of ether oxygens (including phenoxy) is 1. The van der Waals surface area contributed by atoms with Crippen molar-refractivity contribution in [3.63, 3.8) is 0 Å². The summed E-state index contributed by atoms with van der Waals surface area (Å²) in [5.74, 6) is 0.819. The van der Waals surface area contributed by atoms with E-state index in [4.69, 9.17) is 16.3 Å². The maximum Gasteiger partial charge on any atom is 0.322 e. The average molecular weight is 345 g/mol. The molecule has 1 N–H and O–H groups in total. The van der Waals surface area contributed by atoms with E-state index in [-0.39, 0.29) is 12.1 Å². The summed E-state index contributed by atoms with van der Waals surface area (Å²) in [5, 5.41) is 3.49.